The van der Waals surface area contributed by atoms with E-state index < -0.39 is 0 Å². The van der Waals surface area contributed by atoms with Crippen LogP contribution in [0.4, 0.5) is 0 Å². The minimum Gasteiger partial charge on any atom is -0.430 e. The highest BCUT2D eigenvalue weighted by atomic mass is 32.2. The second kappa shape index (κ2) is 3.15. The smallest absolute Gasteiger partial charge is 0.256 e. The summed E-state index contributed by atoms with van der Waals surface area (Å²) in [7, 11) is 0. The van der Waals surface area contributed by atoms with E-state index in [9.17, 15) is 0 Å². The summed E-state index contributed by atoms with van der Waals surface area (Å²) in [6, 6.07) is 1.85. The van der Waals surface area contributed by atoms with Crippen molar-refractivity contribution in [3.05, 3.63) is 18.5 Å². The molecule has 0 fully saturated rings. The van der Waals surface area contributed by atoms with Gasteiger partial charge in [0.25, 0.3) is 5.22 Å². The summed E-state index contributed by atoms with van der Waals surface area (Å²) in [6.07, 6.45) is 3.40. The average molecular weight is 180 g/mol. The number of hydrogen-bond acceptors (Lipinski definition) is 4. The lowest BCUT2D eigenvalue weighted by molar-refractivity contribution is 0.489. The zero-order chi connectivity index (χ0) is 8.39. The zero-order valence-corrected chi connectivity index (χ0v) is 7.47. The van der Waals surface area contributed by atoms with E-state index in [4.69, 9.17) is 4.42 Å². The number of fused-ring (bicyclic) bond motifs is 1. The summed E-state index contributed by atoms with van der Waals surface area (Å²) < 4.78 is 5.40. The van der Waals surface area contributed by atoms with E-state index in [0.717, 1.165) is 22.1 Å². The molecule has 0 radical (unpaired) electrons. The van der Waals surface area contributed by atoms with Crippen molar-refractivity contribution in [2.75, 3.05) is 5.75 Å². The van der Waals surface area contributed by atoms with Gasteiger partial charge >= 0.3 is 0 Å². The molecule has 2 aromatic heterocycles. The van der Waals surface area contributed by atoms with Crippen LogP contribution in [0.15, 0.2) is 28.1 Å². The van der Waals surface area contributed by atoms with Gasteiger partial charge in [-0.25, -0.2) is 4.98 Å². The van der Waals surface area contributed by atoms with Crippen molar-refractivity contribution >= 4 is 22.9 Å². The van der Waals surface area contributed by atoms with Crippen molar-refractivity contribution in [1.29, 1.82) is 0 Å². The second-order valence-electron chi connectivity index (χ2n) is 2.26. The molecular formula is C8H8N2OS. The molecule has 0 saturated heterocycles. The number of nitrogens with zero attached hydrogens (tertiary/aromatic N) is 2. The van der Waals surface area contributed by atoms with Gasteiger partial charge in [0.15, 0.2) is 5.58 Å². The summed E-state index contributed by atoms with van der Waals surface area (Å²) >= 11 is 1.60. The van der Waals surface area contributed by atoms with Crippen LogP contribution in [0.5, 0.6) is 0 Å². The topological polar surface area (TPSA) is 38.9 Å². The van der Waals surface area contributed by atoms with Gasteiger partial charge in [-0.1, -0.05) is 18.7 Å². The number of oxazole rings is 1. The first-order chi connectivity index (χ1) is 5.90. The van der Waals surface area contributed by atoms with Crippen LogP contribution in [0.25, 0.3) is 11.1 Å². The molecule has 0 atom stereocenters. The van der Waals surface area contributed by atoms with Gasteiger partial charge in [0.05, 0.1) is 6.20 Å². The fourth-order valence-corrected chi connectivity index (χ4v) is 1.50. The molecule has 0 aliphatic carbocycles. The Morgan fingerprint density at radius 1 is 1.58 bits per heavy atom. The third-order valence-corrected chi connectivity index (χ3v) is 2.15. The van der Waals surface area contributed by atoms with Crippen molar-refractivity contribution in [2.24, 2.45) is 0 Å². The molecule has 0 aromatic carbocycles. The van der Waals surface area contributed by atoms with Crippen molar-refractivity contribution in [2.45, 2.75) is 12.1 Å². The molecule has 2 rings (SSSR count). The molecule has 3 nitrogen and oxygen atoms in total. The minimum absolute atomic E-state index is 0.723. The first-order valence-corrected chi connectivity index (χ1v) is 4.72. The van der Waals surface area contributed by atoms with E-state index in [1.165, 1.54) is 0 Å². The fraction of sp³-hybridized carbons (Fsp3) is 0.250. The average Bonchev–Trinajstić information content (AvgIpc) is 2.47. The Morgan fingerprint density at radius 2 is 2.50 bits per heavy atom. The van der Waals surface area contributed by atoms with Crippen LogP contribution < -0.4 is 0 Å². The SMILES string of the molecule is CCSc1nc2ccncc2o1. The van der Waals surface area contributed by atoms with E-state index in [-0.39, 0.29) is 0 Å². The second-order valence-corrected chi connectivity index (χ2v) is 3.47. The van der Waals surface area contributed by atoms with E-state index in [2.05, 4.69) is 16.9 Å². The first kappa shape index (κ1) is 7.61. The summed E-state index contributed by atoms with van der Waals surface area (Å²) in [5.41, 5.74) is 1.63. The lowest BCUT2D eigenvalue weighted by Gasteiger charge is -1.84. The summed E-state index contributed by atoms with van der Waals surface area (Å²) in [5.74, 6) is 0.972. The molecule has 0 aliphatic heterocycles. The highest BCUT2D eigenvalue weighted by Gasteiger charge is 2.03. The molecule has 2 aromatic rings. The highest BCUT2D eigenvalue weighted by Crippen LogP contribution is 2.21. The van der Waals surface area contributed by atoms with Crippen molar-refractivity contribution in [1.82, 2.24) is 9.97 Å². The quantitative estimate of drug-likeness (QED) is 0.665. The predicted octanol–water partition coefficient (Wildman–Crippen LogP) is 2.33. The van der Waals surface area contributed by atoms with Crippen molar-refractivity contribution in [3.63, 3.8) is 0 Å². The Morgan fingerprint density at radius 3 is 3.25 bits per heavy atom. The van der Waals surface area contributed by atoms with E-state index >= 15 is 0 Å². The van der Waals surface area contributed by atoms with Crippen molar-refractivity contribution < 1.29 is 4.42 Å². The van der Waals surface area contributed by atoms with Gasteiger partial charge in [0, 0.05) is 6.20 Å². The minimum atomic E-state index is 0.723. The molecule has 12 heavy (non-hydrogen) atoms. The third-order valence-electron chi connectivity index (χ3n) is 1.44. The van der Waals surface area contributed by atoms with Gasteiger partial charge < -0.3 is 4.42 Å². The molecular weight excluding hydrogens is 172 g/mol. The molecule has 4 heteroatoms. The number of aromatic nitrogens is 2. The van der Waals surface area contributed by atoms with Crippen LogP contribution >= 0.6 is 11.8 Å². The molecule has 0 aliphatic rings. The summed E-state index contributed by atoms with van der Waals surface area (Å²) in [5, 5.41) is 0.723. The lowest BCUT2D eigenvalue weighted by Crippen LogP contribution is -1.70. The molecule has 0 spiro atoms. The maximum absolute atomic E-state index is 5.40. The van der Waals surface area contributed by atoms with E-state index in [1.807, 2.05) is 6.07 Å². The molecule has 2 heterocycles. The van der Waals surface area contributed by atoms with E-state index in [0.29, 0.717) is 0 Å². The molecule has 0 N–H and O–H groups in total. The maximum Gasteiger partial charge on any atom is 0.256 e. The van der Waals surface area contributed by atoms with Crippen LogP contribution in [0.1, 0.15) is 6.92 Å². The van der Waals surface area contributed by atoms with Gasteiger partial charge in [0.1, 0.15) is 5.52 Å². The van der Waals surface area contributed by atoms with Gasteiger partial charge in [-0.05, 0) is 11.8 Å². The molecule has 0 saturated carbocycles. The molecule has 0 bridgehead atoms. The molecule has 0 unspecified atom stereocenters. The number of hydrogen-bond donors (Lipinski definition) is 0. The Hall–Kier alpha value is -1.03. The van der Waals surface area contributed by atoms with Gasteiger partial charge in [-0.2, -0.15) is 0 Å². The highest BCUT2D eigenvalue weighted by molar-refractivity contribution is 7.99. The molecule has 0 amide bonds. The number of rotatable bonds is 2. The largest absolute Gasteiger partial charge is 0.430 e. The Bertz CT molecular complexity index is 352. The van der Waals surface area contributed by atoms with E-state index in [1.54, 1.807) is 24.2 Å². The molecule has 62 valence electrons. The fourth-order valence-electron chi connectivity index (χ4n) is 0.944. The summed E-state index contributed by atoms with van der Waals surface area (Å²) in [6.45, 7) is 2.07. The van der Waals surface area contributed by atoms with Crippen LogP contribution in [-0.2, 0) is 0 Å². The lowest BCUT2D eigenvalue weighted by atomic mass is 10.4. The Labute approximate surface area is 74.2 Å². The number of thioether (sulfide) groups is 1. The Balaban J connectivity index is 2.47. The first-order valence-electron chi connectivity index (χ1n) is 3.73. The van der Waals surface area contributed by atoms with Gasteiger partial charge in [-0.15, -0.1) is 0 Å². The van der Waals surface area contributed by atoms with Gasteiger partial charge in [-0.3, -0.25) is 4.98 Å². The van der Waals surface area contributed by atoms with Crippen LogP contribution in [0.2, 0.25) is 0 Å². The van der Waals surface area contributed by atoms with Gasteiger partial charge in [0.2, 0.25) is 0 Å². The zero-order valence-electron chi connectivity index (χ0n) is 6.65. The summed E-state index contributed by atoms with van der Waals surface area (Å²) in [4.78, 5) is 8.20. The van der Waals surface area contributed by atoms with Crippen LogP contribution in [0, 0.1) is 0 Å². The predicted molar refractivity (Wildman–Crippen MR) is 48.2 cm³/mol. The third kappa shape index (κ3) is 1.30. The normalized spacial score (nSPS) is 10.8. The maximum atomic E-state index is 5.40. The number of pyridine rings is 1. The Kier molecular flexibility index (Phi) is 1.99. The van der Waals surface area contributed by atoms with Crippen molar-refractivity contribution in [3.8, 4) is 0 Å². The monoisotopic (exact) mass is 180 g/mol. The van der Waals surface area contributed by atoms with Crippen LogP contribution in [-0.4, -0.2) is 15.7 Å². The van der Waals surface area contributed by atoms with Crippen LogP contribution in [0.3, 0.4) is 0 Å². The standard InChI is InChI=1S/C8H8N2OS/c1-2-12-8-10-6-3-4-9-5-7(6)11-8/h3-5H,2H2,1H3.